The number of methoxy groups -OCH3 is 1. The molecule has 4 atom stereocenters. The molecule has 0 saturated carbocycles. The molecular weight excluding hydrogens is 537 g/mol. The third-order valence-corrected chi connectivity index (χ3v) is 17.8. The summed E-state index contributed by atoms with van der Waals surface area (Å²) in [6.45, 7) is 30.5. The maximum atomic E-state index is 13.5. The minimum atomic E-state index is -2.22. The van der Waals surface area contributed by atoms with Crippen LogP contribution in [0.1, 0.15) is 75.0 Å². The Morgan fingerprint density at radius 2 is 1.48 bits per heavy atom. The fraction of sp³-hybridized carbons (Fsp3) is 0.688. The van der Waals surface area contributed by atoms with Crippen molar-refractivity contribution >= 4 is 22.4 Å². The normalized spacial score (nSPS) is 17.0. The third kappa shape index (κ3) is 9.96. The van der Waals surface area contributed by atoms with Gasteiger partial charge in [-0.3, -0.25) is 4.79 Å². The lowest BCUT2D eigenvalue weighted by Gasteiger charge is -2.41. The fourth-order valence-electron chi connectivity index (χ4n) is 3.71. The number of allylic oxidation sites excluding steroid dienone is 1. The van der Waals surface area contributed by atoms with Gasteiger partial charge in [0.25, 0.3) is 0 Å². The molecule has 0 unspecified atom stereocenters. The van der Waals surface area contributed by atoms with E-state index in [1.165, 1.54) is 18.7 Å². The Hall–Kier alpha value is -1.75. The standard InChI is InChI=1S/C32H56O6Si2/c1-16-22(2)30(38-40(14,15)32(8,9)10)23(3)17-18-28(37-39(12,13)31(5,6)7)24(4)27(33)20-26-19-25(35-11)21-29(34)36-26/h16-19,21,23-24,28,30H,20H2,1-15H3/b18-17+,22-16+/t23-,24-,28+,30+/m0/s1. The van der Waals surface area contributed by atoms with Crippen molar-refractivity contribution in [2.75, 3.05) is 7.11 Å². The fourth-order valence-corrected chi connectivity index (χ4v) is 6.42. The summed E-state index contributed by atoms with van der Waals surface area (Å²) in [6.07, 6.45) is 5.84. The van der Waals surface area contributed by atoms with Crippen molar-refractivity contribution in [3.63, 3.8) is 0 Å². The molecule has 0 fully saturated rings. The highest BCUT2D eigenvalue weighted by Gasteiger charge is 2.42. The van der Waals surface area contributed by atoms with Crippen LogP contribution in [-0.4, -0.2) is 41.7 Å². The summed E-state index contributed by atoms with van der Waals surface area (Å²) in [7, 11) is -2.76. The summed E-state index contributed by atoms with van der Waals surface area (Å²) in [5, 5.41) is 0.0648. The lowest BCUT2D eigenvalue weighted by atomic mass is 9.93. The van der Waals surface area contributed by atoms with E-state index in [1.54, 1.807) is 6.07 Å². The number of ether oxygens (including phenoxy) is 1. The molecule has 1 aromatic heterocycles. The predicted molar refractivity (Wildman–Crippen MR) is 171 cm³/mol. The second-order valence-corrected chi connectivity index (χ2v) is 23.6. The summed E-state index contributed by atoms with van der Waals surface area (Å²) < 4.78 is 24.2. The number of hydrogen-bond donors (Lipinski definition) is 0. The lowest BCUT2D eigenvalue weighted by molar-refractivity contribution is -0.124. The van der Waals surface area contributed by atoms with Crippen molar-refractivity contribution < 1.29 is 22.8 Å². The van der Waals surface area contributed by atoms with E-state index in [4.69, 9.17) is 18.0 Å². The third-order valence-electron chi connectivity index (χ3n) is 8.83. The first kappa shape index (κ1) is 36.3. The van der Waals surface area contributed by atoms with Gasteiger partial charge in [0.15, 0.2) is 16.6 Å². The van der Waals surface area contributed by atoms with Crippen LogP contribution < -0.4 is 10.4 Å². The van der Waals surface area contributed by atoms with Crippen molar-refractivity contribution in [1.82, 2.24) is 0 Å². The molecule has 228 valence electrons. The van der Waals surface area contributed by atoms with Gasteiger partial charge < -0.3 is 18.0 Å². The monoisotopic (exact) mass is 592 g/mol. The number of carbonyl (C=O) groups excluding carboxylic acids is 1. The molecule has 1 heterocycles. The van der Waals surface area contributed by atoms with Crippen LogP contribution in [0, 0.1) is 11.8 Å². The summed E-state index contributed by atoms with van der Waals surface area (Å²) in [4.78, 5) is 25.4. The SMILES string of the molecule is C/C=C(\C)[C@@H](O[Si](C)(C)C(C)(C)C)[C@@H](C)/C=C/[C@@H](O[Si](C)(C)C(C)(C)C)[C@@H](C)C(=O)Cc1cc(OC)cc(=O)o1. The Balaban J connectivity index is 3.39. The quantitative estimate of drug-likeness (QED) is 0.169. The first-order valence-electron chi connectivity index (χ1n) is 14.4. The maximum Gasteiger partial charge on any atom is 0.339 e. The van der Waals surface area contributed by atoms with Crippen LogP contribution in [0.5, 0.6) is 5.75 Å². The first-order chi connectivity index (χ1) is 18.1. The molecule has 0 aromatic carbocycles. The van der Waals surface area contributed by atoms with Crippen molar-refractivity contribution in [3.8, 4) is 5.75 Å². The van der Waals surface area contributed by atoms with Crippen LogP contribution in [0.3, 0.4) is 0 Å². The molecule has 0 aliphatic carbocycles. The van der Waals surface area contributed by atoms with Gasteiger partial charge in [-0.15, -0.1) is 0 Å². The summed E-state index contributed by atoms with van der Waals surface area (Å²) in [5.74, 6) is 0.236. The van der Waals surface area contributed by atoms with Crippen molar-refractivity contribution in [1.29, 1.82) is 0 Å². The first-order valence-corrected chi connectivity index (χ1v) is 20.3. The molecule has 1 rings (SSSR count). The molecule has 0 amide bonds. The van der Waals surface area contributed by atoms with E-state index in [1.807, 2.05) is 6.92 Å². The molecule has 0 aliphatic rings. The molecule has 6 nitrogen and oxygen atoms in total. The Morgan fingerprint density at radius 3 is 1.95 bits per heavy atom. The van der Waals surface area contributed by atoms with E-state index >= 15 is 0 Å². The van der Waals surface area contributed by atoms with Gasteiger partial charge in [-0.25, -0.2) is 4.79 Å². The van der Waals surface area contributed by atoms with Gasteiger partial charge in [0.1, 0.15) is 17.3 Å². The number of rotatable bonds is 13. The molecule has 0 bridgehead atoms. The lowest BCUT2D eigenvalue weighted by Crippen LogP contribution is -2.46. The van der Waals surface area contributed by atoms with Gasteiger partial charge in [0.05, 0.1) is 31.8 Å². The van der Waals surface area contributed by atoms with E-state index < -0.39 is 34.3 Å². The Kier molecular flexibility index (Phi) is 12.6. The topological polar surface area (TPSA) is 75.0 Å². The molecular formula is C32H56O6Si2. The molecule has 1 aromatic rings. The summed E-state index contributed by atoms with van der Waals surface area (Å²) >= 11 is 0. The average molecular weight is 593 g/mol. The zero-order chi connectivity index (χ0) is 31.3. The highest BCUT2D eigenvalue weighted by atomic mass is 28.4. The minimum absolute atomic E-state index is 0.0108. The van der Waals surface area contributed by atoms with E-state index in [0.29, 0.717) is 5.75 Å². The van der Waals surface area contributed by atoms with Crippen LogP contribution in [0.15, 0.2) is 45.1 Å². The summed E-state index contributed by atoms with van der Waals surface area (Å²) in [5.41, 5.74) is 0.658. The second-order valence-electron chi connectivity index (χ2n) is 14.1. The predicted octanol–water partition coefficient (Wildman–Crippen LogP) is 8.34. The average Bonchev–Trinajstić information content (AvgIpc) is 2.81. The molecule has 8 heteroatoms. The number of hydrogen-bond acceptors (Lipinski definition) is 6. The number of carbonyl (C=O) groups is 1. The van der Waals surface area contributed by atoms with Crippen LogP contribution in [0.4, 0.5) is 0 Å². The largest absolute Gasteiger partial charge is 0.496 e. The maximum absolute atomic E-state index is 13.5. The van der Waals surface area contributed by atoms with E-state index in [-0.39, 0.29) is 40.1 Å². The molecule has 40 heavy (non-hydrogen) atoms. The number of ketones is 1. The van der Waals surface area contributed by atoms with Crippen LogP contribution in [0.2, 0.25) is 36.3 Å². The van der Waals surface area contributed by atoms with E-state index in [9.17, 15) is 9.59 Å². The van der Waals surface area contributed by atoms with Gasteiger partial charge in [-0.1, -0.05) is 73.6 Å². The molecule has 0 radical (unpaired) electrons. The smallest absolute Gasteiger partial charge is 0.339 e. The minimum Gasteiger partial charge on any atom is -0.496 e. The Bertz CT molecular complexity index is 1100. The Labute approximate surface area is 245 Å². The summed E-state index contributed by atoms with van der Waals surface area (Å²) in [6, 6.07) is 2.86. The van der Waals surface area contributed by atoms with Crippen LogP contribution in [-0.2, 0) is 20.1 Å². The van der Waals surface area contributed by atoms with Gasteiger partial charge >= 0.3 is 5.63 Å². The molecule has 0 aliphatic heterocycles. The van der Waals surface area contributed by atoms with Gasteiger partial charge in [0.2, 0.25) is 0 Å². The Morgan fingerprint density at radius 1 is 0.950 bits per heavy atom. The van der Waals surface area contributed by atoms with E-state index in [0.717, 1.165) is 0 Å². The van der Waals surface area contributed by atoms with Crippen molar-refractivity contribution in [2.24, 2.45) is 11.8 Å². The molecule has 0 spiro atoms. The van der Waals surface area contributed by atoms with Crippen LogP contribution >= 0.6 is 0 Å². The van der Waals surface area contributed by atoms with Crippen molar-refractivity contribution in [2.45, 2.75) is 124 Å². The highest BCUT2D eigenvalue weighted by Crippen LogP contribution is 2.40. The van der Waals surface area contributed by atoms with E-state index in [2.05, 4.69) is 107 Å². The van der Waals surface area contributed by atoms with Gasteiger partial charge in [0, 0.05) is 17.9 Å². The van der Waals surface area contributed by atoms with Gasteiger partial charge in [-0.05, 0) is 55.7 Å². The zero-order valence-corrected chi connectivity index (χ0v) is 29.9. The second kappa shape index (κ2) is 13.9. The molecule has 0 N–H and O–H groups in total. The van der Waals surface area contributed by atoms with Crippen molar-refractivity contribution in [3.05, 3.63) is 52.1 Å². The highest BCUT2D eigenvalue weighted by molar-refractivity contribution is 6.74. The number of Topliss-reactive ketones (excluding diaryl/α,β-unsaturated/α-hetero) is 1. The van der Waals surface area contributed by atoms with Crippen LogP contribution in [0.25, 0.3) is 0 Å². The zero-order valence-electron chi connectivity index (χ0n) is 27.9. The molecule has 0 saturated heterocycles. The van der Waals surface area contributed by atoms with Gasteiger partial charge in [-0.2, -0.15) is 0 Å².